The number of nitrogens with one attached hydrogen (secondary N) is 1. The van der Waals surface area contributed by atoms with Crippen molar-refractivity contribution in [1.29, 1.82) is 0 Å². The molecule has 5 N–H and O–H groups in total. The first kappa shape index (κ1) is 13.9. The first-order valence-electron chi connectivity index (χ1n) is 5.62. The van der Waals surface area contributed by atoms with Crippen molar-refractivity contribution in [3.8, 4) is 0 Å². The maximum atomic E-state index is 13.1. The van der Waals surface area contributed by atoms with E-state index in [9.17, 15) is 24.2 Å². The molecule has 1 aromatic heterocycles. The lowest BCUT2D eigenvalue weighted by Crippen LogP contribution is -2.57. The average Bonchev–Trinajstić information content (AvgIpc) is 2.36. The minimum Gasteiger partial charge on any atom is -0.389 e. The van der Waals surface area contributed by atoms with Crippen LogP contribution in [0.3, 0.4) is 0 Å². The Morgan fingerprint density at radius 1 is 1.47 bits per heavy atom. The highest BCUT2D eigenvalue weighted by molar-refractivity contribution is 4.92. The van der Waals surface area contributed by atoms with Crippen molar-refractivity contribution >= 4 is 0 Å². The van der Waals surface area contributed by atoms with Gasteiger partial charge in [-0.1, -0.05) is 0 Å². The van der Waals surface area contributed by atoms with Crippen molar-refractivity contribution in [2.75, 3.05) is 6.61 Å². The summed E-state index contributed by atoms with van der Waals surface area (Å²) in [6, 6.07) is -0.727. The van der Waals surface area contributed by atoms with Crippen LogP contribution in [0.15, 0.2) is 15.8 Å². The monoisotopic (exact) mass is 275 g/mol. The third kappa shape index (κ3) is 2.73. The van der Waals surface area contributed by atoms with E-state index in [2.05, 4.69) is 0 Å². The van der Waals surface area contributed by atoms with Crippen LogP contribution in [0.25, 0.3) is 0 Å². The summed E-state index contributed by atoms with van der Waals surface area (Å²) in [5, 5.41) is 19.3. The van der Waals surface area contributed by atoms with Gasteiger partial charge in [-0.2, -0.15) is 4.39 Å². The maximum absolute atomic E-state index is 13.1. The Morgan fingerprint density at radius 2 is 2.16 bits per heavy atom. The lowest BCUT2D eigenvalue weighted by atomic mass is 9.99. The minimum absolute atomic E-state index is 0.00345. The number of halogens is 1. The minimum atomic E-state index is -1.30. The van der Waals surface area contributed by atoms with Crippen LogP contribution in [0.2, 0.25) is 0 Å². The Kier molecular flexibility index (Phi) is 3.80. The molecule has 0 aromatic carbocycles. The van der Waals surface area contributed by atoms with E-state index in [-0.39, 0.29) is 13.2 Å². The summed E-state index contributed by atoms with van der Waals surface area (Å²) in [7, 11) is 0. The van der Waals surface area contributed by atoms with Crippen molar-refractivity contribution in [2.45, 2.75) is 30.9 Å². The van der Waals surface area contributed by atoms with Crippen LogP contribution in [-0.2, 0) is 11.3 Å². The third-order valence-corrected chi connectivity index (χ3v) is 3.02. The molecule has 0 unspecified atom stereocenters. The zero-order valence-corrected chi connectivity index (χ0v) is 9.82. The van der Waals surface area contributed by atoms with Gasteiger partial charge in [0, 0.05) is 0 Å². The molecule has 1 fully saturated rings. The molecule has 106 valence electrons. The summed E-state index contributed by atoms with van der Waals surface area (Å²) in [6.07, 6.45) is -2.69. The van der Waals surface area contributed by atoms with E-state index in [4.69, 9.17) is 10.5 Å². The van der Waals surface area contributed by atoms with Crippen LogP contribution < -0.4 is 17.0 Å². The van der Waals surface area contributed by atoms with Gasteiger partial charge in [-0.15, -0.1) is 0 Å². The van der Waals surface area contributed by atoms with Gasteiger partial charge in [0.1, 0.15) is 12.2 Å². The first-order valence-corrected chi connectivity index (χ1v) is 5.62. The van der Waals surface area contributed by atoms with E-state index >= 15 is 0 Å². The summed E-state index contributed by atoms with van der Waals surface area (Å²) in [5.41, 5.74) is 3.54. The fourth-order valence-corrected chi connectivity index (χ4v) is 1.88. The van der Waals surface area contributed by atoms with Gasteiger partial charge >= 0.3 is 5.69 Å². The normalized spacial score (nSPS) is 31.4. The Bertz CT molecular complexity index is 571. The van der Waals surface area contributed by atoms with Crippen LogP contribution in [0.5, 0.6) is 0 Å². The second-order valence-electron chi connectivity index (χ2n) is 4.41. The number of nitrogens with zero attached hydrogens (tertiary/aromatic N) is 1. The van der Waals surface area contributed by atoms with Crippen LogP contribution >= 0.6 is 0 Å². The molecule has 4 atom stereocenters. The molecule has 1 aromatic rings. The van der Waals surface area contributed by atoms with E-state index < -0.39 is 41.4 Å². The lowest BCUT2D eigenvalue weighted by molar-refractivity contribution is -0.148. The van der Waals surface area contributed by atoms with Crippen LogP contribution in [0.4, 0.5) is 4.39 Å². The van der Waals surface area contributed by atoms with Gasteiger partial charge in [0.25, 0.3) is 5.56 Å². The van der Waals surface area contributed by atoms with E-state index in [0.29, 0.717) is 0 Å². The number of aromatic nitrogens is 2. The van der Waals surface area contributed by atoms with Gasteiger partial charge < -0.3 is 20.7 Å². The van der Waals surface area contributed by atoms with Crippen LogP contribution in [0.1, 0.15) is 0 Å². The Labute approximate surface area is 106 Å². The van der Waals surface area contributed by atoms with Crippen molar-refractivity contribution in [1.82, 2.24) is 9.55 Å². The van der Waals surface area contributed by atoms with Crippen LogP contribution in [-0.4, -0.2) is 50.7 Å². The number of rotatable bonds is 2. The van der Waals surface area contributed by atoms with E-state index in [0.717, 1.165) is 10.8 Å². The average molecular weight is 275 g/mol. The Morgan fingerprint density at radius 3 is 2.84 bits per heavy atom. The number of hydrogen-bond donors (Lipinski definition) is 4. The molecule has 2 heterocycles. The van der Waals surface area contributed by atoms with Crippen molar-refractivity contribution in [3.63, 3.8) is 0 Å². The molecular formula is C10H14FN3O5. The highest BCUT2D eigenvalue weighted by Crippen LogP contribution is 2.15. The molecule has 0 amide bonds. The van der Waals surface area contributed by atoms with E-state index in [1.165, 1.54) is 0 Å². The SMILES string of the molecule is N[C@@H]1CO[C@H](Cn2cc(F)c(=O)[nH]c2=O)[C@@H](O)[C@H]1O. The molecule has 0 bridgehead atoms. The maximum Gasteiger partial charge on any atom is 0.328 e. The number of nitrogens with two attached hydrogens (primary N) is 1. The van der Waals surface area contributed by atoms with Gasteiger partial charge in [0.15, 0.2) is 0 Å². The molecule has 0 spiro atoms. The highest BCUT2D eigenvalue weighted by Gasteiger charge is 2.36. The van der Waals surface area contributed by atoms with Crippen molar-refractivity contribution in [3.05, 3.63) is 32.9 Å². The molecule has 1 aliphatic heterocycles. The molecular weight excluding hydrogens is 261 g/mol. The Balaban J connectivity index is 2.20. The van der Waals surface area contributed by atoms with Crippen LogP contribution in [0, 0.1) is 5.82 Å². The molecule has 8 nitrogen and oxygen atoms in total. The topological polar surface area (TPSA) is 131 Å². The summed E-state index contributed by atoms with van der Waals surface area (Å²) >= 11 is 0. The smallest absolute Gasteiger partial charge is 0.328 e. The largest absolute Gasteiger partial charge is 0.389 e. The van der Waals surface area contributed by atoms with Gasteiger partial charge in [-0.05, 0) is 0 Å². The number of ether oxygens (including phenoxy) is 1. The number of H-pyrrole nitrogens is 1. The molecule has 1 aliphatic rings. The van der Waals surface area contributed by atoms with E-state index in [1.54, 1.807) is 4.98 Å². The molecule has 1 saturated heterocycles. The zero-order valence-electron chi connectivity index (χ0n) is 9.82. The molecule has 19 heavy (non-hydrogen) atoms. The summed E-state index contributed by atoms with van der Waals surface area (Å²) in [4.78, 5) is 24.1. The van der Waals surface area contributed by atoms with Crippen molar-refractivity contribution < 1.29 is 19.3 Å². The Hall–Kier alpha value is -1.55. The molecule has 2 rings (SSSR count). The number of aliphatic hydroxyl groups is 2. The van der Waals surface area contributed by atoms with Crippen molar-refractivity contribution in [2.24, 2.45) is 5.73 Å². The molecule has 9 heteroatoms. The first-order chi connectivity index (χ1) is 8.90. The second-order valence-corrected chi connectivity index (χ2v) is 4.41. The van der Waals surface area contributed by atoms with Gasteiger partial charge in [-0.25, -0.2) is 4.79 Å². The number of aliphatic hydroxyl groups excluding tert-OH is 2. The summed E-state index contributed by atoms with van der Waals surface area (Å²) in [6.45, 7) is -0.207. The fraction of sp³-hybridized carbons (Fsp3) is 0.600. The summed E-state index contributed by atoms with van der Waals surface area (Å²) < 4.78 is 19.1. The zero-order chi connectivity index (χ0) is 14.2. The number of aromatic amines is 1. The fourth-order valence-electron chi connectivity index (χ4n) is 1.88. The second kappa shape index (κ2) is 5.21. The third-order valence-electron chi connectivity index (χ3n) is 3.02. The van der Waals surface area contributed by atoms with E-state index in [1.807, 2.05) is 0 Å². The van der Waals surface area contributed by atoms with Gasteiger partial charge in [0.05, 0.1) is 31.5 Å². The highest BCUT2D eigenvalue weighted by atomic mass is 19.1. The van der Waals surface area contributed by atoms with Gasteiger partial charge in [-0.3, -0.25) is 14.3 Å². The molecule has 0 radical (unpaired) electrons. The quantitative estimate of drug-likeness (QED) is 0.459. The standard InChI is InChI=1S/C10H14FN3O5/c11-4-1-14(10(18)13-9(4)17)2-6-8(16)7(15)5(12)3-19-6/h1,5-8,15-16H,2-3,12H2,(H,13,17,18)/t5-,6-,7+,8-/m1/s1. The predicted octanol–water partition coefficient (Wildman–Crippen LogP) is -2.88. The lowest BCUT2D eigenvalue weighted by Gasteiger charge is -2.36. The predicted molar refractivity (Wildman–Crippen MR) is 61.0 cm³/mol. The summed E-state index contributed by atoms with van der Waals surface area (Å²) in [5.74, 6) is -1.12. The molecule has 0 aliphatic carbocycles. The molecule has 0 saturated carbocycles. The number of hydrogen-bond acceptors (Lipinski definition) is 6. The van der Waals surface area contributed by atoms with Gasteiger partial charge in [0.2, 0.25) is 5.82 Å².